The summed E-state index contributed by atoms with van der Waals surface area (Å²) in [4.78, 5) is 21.1. The van der Waals surface area contributed by atoms with Crippen molar-refractivity contribution in [2.75, 3.05) is 18.2 Å². The average Bonchev–Trinajstić information content (AvgIpc) is 2.77. The van der Waals surface area contributed by atoms with E-state index in [1.807, 2.05) is 13.8 Å². The lowest BCUT2D eigenvalue weighted by atomic mass is 9.97. The molecule has 2 heterocycles. The van der Waals surface area contributed by atoms with Crippen molar-refractivity contribution in [1.29, 1.82) is 0 Å². The average molecular weight is 447 g/mol. The second kappa shape index (κ2) is 9.55. The van der Waals surface area contributed by atoms with Crippen LogP contribution >= 0.6 is 0 Å². The number of nitrogens with two attached hydrogens (primary N) is 1. The molecule has 9 heteroatoms. The number of rotatable bonds is 7. The minimum absolute atomic E-state index is 0.183. The van der Waals surface area contributed by atoms with E-state index in [0.717, 1.165) is 6.42 Å². The second-order valence-corrected chi connectivity index (χ2v) is 9.22. The lowest BCUT2D eigenvalue weighted by Crippen LogP contribution is -2.51. The number of hydrogen-bond acceptors (Lipinski definition) is 6. The summed E-state index contributed by atoms with van der Waals surface area (Å²) in [6, 6.07) is 6.71. The fraction of sp³-hybridized carbons (Fsp3) is 0.409. The van der Waals surface area contributed by atoms with Crippen LogP contribution in [0.25, 0.3) is 0 Å². The molecule has 2 aromatic rings. The zero-order valence-electron chi connectivity index (χ0n) is 17.9. The van der Waals surface area contributed by atoms with E-state index < -0.39 is 33.3 Å². The molecule has 0 radical (unpaired) electrons. The van der Waals surface area contributed by atoms with Gasteiger partial charge in [-0.15, -0.1) is 0 Å². The van der Waals surface area contributed by atoms with Gasteiger partial charge in [0.15, 0.2) is 0 Å². The van der Waals surface area contributed by atoms with Gasteiger partial charge in [-0.3, -0.25) is 14.0 Å². The third kappa shape index (κ3) is 4.61. The first-order valence-electron chi connectivity index (χ1n) is 10.2. The van der Waals surface area contributed by atoms with Crippen LogP contribution in [0.3, 0.4) is 0 Å². The Morgan fingerprint density at radius 3 is 2.71 bits per heavy atom. The van der Waals surface area contributed by atoms with E-state index in [9.17, 15) is 13.4 Å². The molecule has 3 unspecified atom stereocenters. The monoisotopic (exact) mass is 446 g/mol. The summed E-state index contributed by atoms with van der Waals surface area (Å²) in [6.07, 6.45) is 3.56. The van der Waals surface area contributed by atoms with Crippen molar-refractivity contribution in [2.24, 2.45) is 10.7 Å². The molecule has 0 aliphatic carbocycles. The molecule has 1 aliphatic heterocycles. The lowest BCUT2D eigenvalue weighted by molar-refractivity contribution is 0.102. The van der Waals surface area contributed by atoms with Gasteiger partial charge in [0, 0.05) is 22.1 Å². The van der Waals surface area contributed by atoms with Gasteiger partial charge in [0.2, 0.25) is 0 Å². The number of nitrogens with one attached hydrogen (secondary N) is 1. The summed E-state index contributed by atoms with van der Waals surface area (Å²) in [5.74, 6) is 0.0976. The van der Waals surface area contributed by atoms with Crippen molar-refractivity contribution in [3.63, 3.8) is 0 Å². The third-order valence-electron chi connectivity index (χ3n) is 5.55. The smallest absolute Gasteiger partial charge is 0.274 e. The number of aromatic nitrogens is 1. The fourth-order valence-corrected chi connectivity index (χ4v) is 5.67. The van der Waals surface area contributed by atoms with Crippen molar-refractivity contribution in [3.8, 4) is 5.75 Å². The first-order chi connectivity index (χ1) is 14.8. The van der Waals surface area contributed by atoms with Gasteiger partial charge >= 0.3 is 0 Å². The number of pyridine rings is 1. The Balaban J connectivity index is 1.86. The SMILES string of the molecule is CCCC1(CC)C(N)=NC(c2cc(NC(=O)c3ccc(OC)cn3)ccc2F)CS1=O. The van der Waals surface area contributed by atoms with Crippen LogP contribution in [0.2, 0.25) is 0 Å². The molecule has 1 aliphatic rings. The maximum absolute atomic E-state index is 14.6. The zero-order valence-corrected chi connectivity index (χ0v) is 18.7. The van der Waals surface area contributed by atoms with E-state index in [1.54, 1.807) is 6.07 Å². The Morgan fingerprint density at radius 1 is 1.35 bits per heavy atom. The predicted octanol–water partition coefficient (Wildman–Crippen LogP) is 3.59. The molecule has 0 fully saturated rings. The van der Waals surface area contributed by atoms with Crippen LogP contribution in [0.5, 0.6) is 5.75 Å². The molecular weight excluding hydrogens is 419 g/mol. The van der Waals surface area contributed by atoms with E-state index in [4.69, 9.17) is 10.5 Å². The molecule has 3 N–H and O–H groups in total. The Labute approximate surface area is 183 Å². The maximum atomic E-state index is 14.6. The summed E-state index contributed by atoms with van der Waals surface area (Å²) in [5.41, 5.74) is 7.07. The topological polar surface area (TPSA) is 107 Å². The first-order valence-corrected chi connectivity index (χ1v) is 11.5. The van der Waals surface area contributed by atoms with Crippen LogP contribution < -0.4 is 15.8 Å². The minimum atomic E-state index is -1.29. The molecule has 0 bridgehead atoms. The summed E-state index contributed by atoms with van der Waals surface area (Å²) >= 11 is 0. The number of aliphatic imine (C=N–C) groups is 1. The molecule has 3 atom stereocenters. The van der Waals surface area contributed by atoms with Gasteiger partial charge in [-0.1, -0.05) is 20.3 Å². The highest BCUT2D eigenvalue weighted by molar-refractivity contribution is 7.87. The molecule has 0 spiro atoms. The molecule has 1 aromatic heterocycles. The molecular formula is C22H27FN4O3S. The highest BCUT2D eigenvalue weighted by atomic mass is 32.2. The van der Waals surface area contributed by atoms with Gasteiger partial charge < -0.3 is 15.8 Å². The number of carbonyl (C=O) groups excluding carboxylic acids is 1. The number of benzene rings is 1. The molecule has 1 amide bonds. The van der Waals surface area contributed by atoms with E-state index in [2.05, 4.69) is 15.3 Å². The zero-order chi connectivity index (χ0) is 22.6. The normalized spacial score (nSPS) is 23.2. The number of ether oxygens (including phenoxy) is 1. The molecule has 166 valence electrons. The van der Waals surface area contributed by atoms with Crippen molar-refractivity contribution < 1.29 is 18.1 Å². The number of methoxy groups -OCH3 is 1. The molecule has 0 saturated heterocycles. The molecule has 31 heavy (non-hydrogen) atoms. The van der Waals surface area contributed by atoms with E-state index in [0.29, 0.717) is 30.1 Å². The highest BCUT2D eigenvalue weighted by Gasteiger charge is 2.43. The lowest BCUT2D eigenvalue weighted by Gasteiger charge is -2.36. The van der Waals surface area contributed by atoms with Crippen molar-refractivity contribution >= 4 is 28.2 Å². The largest absolute Gasteiger partial charge is 0.495 e. The van der Waals surface area contributed by atoms with Crippen molar-refractivity contribution in [3.05, 3.63) is 53.6 Å². The van der Waals surface area contributed by atoms with Crippen LogP contribution in [-0.2, 0) is 10.8 Å². The van der Waals surface area contributed by atoms with Gasteiger partial charge in [0.05, 0.1) is 25.1 Å². The Hall–Kier alpha value is -2.81. The summed E-state index contributed by atoms with van der Waals surface area (Å²) in [5, 5.41) is 2.71. The summed E-state index contributed by atoms with van der Waals surface area (Å²) in [7, 11) is 0.224. The number of carbonyl (C=O) groups is 1. The Kier molecular flexibility index (Phi) is 7.04. The Morgan fingerprint density at radius 2 is 2.13 bits per heavy atom. The maximum Gasteiger partial charge on any atom is 0.274 e. The van der Waals surface area contributed by atoms with Gasteiger partial charge in [0.1, 0.15) is 27.8 Å². The van der Waals surface area contributed by atoms with Gasteiger partial charge in [0.25, 0.3) is 5.91 Å². The fourth-order valence-electron chi connectivity index (χ4n) is 3.77. The van der Waals surface area contributed by atoms with E-state index >= 15 is 0 Å². The molecule has 0 saturated carbocycles. The molecule has 1 aromatic carbocycles. The second-order valence-electron chi connectivity index (χ2n) is 7.41. The van der Waals surface area contributed by atoms with Gasteiger partial charge in [-0.2, -0.15) is 0 Å². The van der Waals surface area contributed by atoms with E-state index in [1.165, 1.54) is 37.6 Å². The molecule has 7 nitrogen and oxygen atoms in total. The third-order valence-corrected chi connectivity index (χ3v) is 7.74. The van der Waals surface area contributed by atoms with Crippen molar-refractivity contribution in [2.45, 2.75) is 43.9 Å². The number of halogens is 1. The quantitative estimate of drug-likeness (QED) is 0.676. The Bertz CT molecular complexity index is 1010. The standard InChI is InChI=1S/C22H27FN4O3S/c1-4-10-22(5-2)21(24)27-19(13-31(22)29)16-11-14(6-8-17(16)23)26-20(28)18-9-7-15(30-3)12-25-18/h6-9,11-12,19H,4-5,10,13H2,1-3H3,(H2,24,27)(H,26,28). The predicted molar refractivity (Wildman–Crippen MR) is 120 cm³/mol. The summed E-state index contributed by atoms with van der Waals surface area (Å²) in [6.45, 7) is 3.96. The number of anilines is 1. The first kappa shape index (κ1) is 22.9. The minimum Gasteiger partial charge on any atom is -0.495 e. The van der Waals surface area contributed by atoms with Crippen molar-refractivity contribution in [1.82, 2.24) is 4.98 Å². The summed E-state index contributed by atoms with van der Waals surface area (Å²) < 4.78 is 32.1. The number of amidine groups is 1. The van der Waals surface area contributed by atoms with Crippen LogP contribution in [0.4, 0.5) is 10.1 Å². The number of nitrogens with zero attached hydrogens (tertiary/aromatic N) is 2. The van der Waals surface area contributed by atoms with Crippen LogP contribution in [-0.4, -0.2) is 38.5 Å². The number of amides is 1. The van der Waals surface area contributed by atoms with E-state index in [-0.39, 0.29) is 17.0 Å². The van der Waals surface area contributed by atoms with Crippen LogP contribution in [0, 0.1) is 5.82 Å². The number of hydrogen-bond donors (Lipinski definition) is 2. The molecule has 3 rings (SSSR count). The van der Waals surface area contributed by atoms with Gasteiger partial charge in [-0.05, 0) is 43.2 Å². The highest BCUT2D eigenvalue weighted by Crippen LogP contribution is 2.36. The van der Waals surface area contributed by atoms with Crippen LogP contribution in [0.15, 0.2) is 41.5 Å². The van der Waals surface area contributed by atoms with Gasteiger partial charge in [-0.25, -0.2) is 9.37 Å². The van der Waals surface area contributed by atoms with Crippen LogP contribution in [0.1, 0.15) is 55.2 Å².